The van der Waals surface area contributed by atoms with E-state index in [0.717, 1.165) is 30.8 Å². The van der Waals surface area contributed by atoms with Crippen molar-refractivity contribution in [3.8, 4) is 0 Å². The first-order chi connectivity index (χ1) is 10.1. The molecule has 0 bridgehead atoms. The SMILES string of the molecule is CC(C)CNCc1nnc(N2CCc3ccc(F)cc32)o1. The molecule has 3 rings (SSSR count). The van der Waals surface area contributed by atoms with E-state index >= 15 is 0 Å². The van der Waals surface area contributed by atoms with E-state index in [9.17, 15) is 4.39 Å². The number of hydrogen-bond acceptors (Lipinski definition) is 5. The van der Waals surface area contributed by atoms with Crippen LogP contribution < -0.4 is 10.2 Å². The lowest BCUT2D eigenvalue weighted by Gasteiger charge is -2.13. The molecule has 0 spiro atoms. The molecule has 1 aliphatic heterocycles. The van der Waals surface area contributed by atoms with E-state index in [4.69, 9.17) is 4.42 Å². The van der Waals surface area contributed by atoms with Crippen LogP contribution in [-0.2, 0) is 13.0 Å². The number of aromatic nitrogens is 2. The minimum atomic E-state index is -0.251. The molecule has 1 N–H and O–H groups in total. The van der Waals surface area contributed by atoms with Crippen molar-refractivity contribution in [2.24, 2.45) is 5.92 Å². The first-order valence-corrected chi connectivity index (χ1v) is 7.22. The van der Waals surface area contributed by atoms with E-state index in [1.54, 1.807) is 0 Å². The Bertz CT molecular complexity index is 626. The van der Waals surface area contributed by atoms with Crippen LogP contribution in [0, 0.1) is 11.7 Å². The predicted molar refractivity (Wildman–Crippen MR) is 78.0 cm³/mol. The maximum Gasteiger partial charge on any atom is 0.322 e. The number of fused-ring (bicyclic) bond motifs is 1. The van der Waals surface area contributed by atoms with E-state index in [1.165, 1.54) is 12.1 Å². The highest BCUT2D eigenvalue weighted by atomic mass is 19.1. The summed E-state index contributed by atoms with van der Waals surface area (Å²) in [7, 11) is 0. The van der Waals surface area contributed by atoms with Gasteiger partial charge in [0.2, 0.25) is 5.89 Å². The lowest BCUT2D eigenvalue weighted by molar-refractivity contribution is 0.453. The van der Waals surface area contributed by atoms with E-state index in [0.29, 0.717) is 24.4 Å². The third-order valence-electron chi connectivity index (χ3n) is 3.46. The quantitative estimate of drug-likeness (QED) is 0.917. The highest BCUT2D eigenvalue weighted by molar-refractivity contribution is 5.64. The topological polar surface area (TPSA) is 54.2 Å². The van der Waals surface area contributed by atoms with Gasteiger partial charge in [-0.3, -0.25) is 4.90 Å². The molecular weight excluding hydrogens is 271 g/mol. The third kappa shape index (κ3) is 3.05. The summed E-state index contributed by atoms with van der Waals surface area (Å²) in [6.45, 7) is 6.47. The molecule has 0 fully saturated rings. The van der Waals surface area contributed by atoms with Gasteiger partial charge >= 0.3 is 6.01 Å². The van der Waals surface area contributed by atoms with E-state index < -0.39 is 0 Å². The highest BCUT2D eigenvalue weighted by Crippen LogP contribution is 2.34. The molecule has 0 saturated heterocycles. The van der Waals surface area contributed by atoms with Crippen LogP contribution in [0.1, 0.15) is 25.3 Å². The van der Waals surface area contributed by atoms with Crippen LogP contribution in [0.25, 0.3) is 0 Å². The average Bonchev–Trinajstić information content (AvgIpc) is 3.04. The Kier molecular flexibility index (Phi) is 3.88. The molecule has 112 valence electrons. The fraction of sp³-hybridized carbons (Fsp3) is 0.467. The second kappa shape index (κ2) is 5.81. The smallest absolute Gasteiger partial charge is 0.322 e. The van der Waals surface area contributed by atoms with Gasteiger partial charge in [0.1, 0.15) is 5.82 Å². The van der Waals surface area contributed by atoms with Crippen LogP contribution in [-0.4, -0.2) is 23.3 Å². The molecule has 2 heterocycles. The van der Waals surface area contributed by atoms with Gasteiger partial charge in [0.05, 0.1) is 12.2 Å². The molecule has 1 aromatic heterocycles. The predicted octanol–water partition coefficient (Wildman–Crippen LogP) is 2.65. The van der Waals surface area contributed by atoms with Gasteiger partial charge in [-0.2, -0.15) is 0 Å². The summed E-state index contributed by atoms with van der Waals surface area (Å²) in [5.41, 5.74) is 1.93. The van der Waals surface area contributed by atoms with Crippen molar-refractivity contribution in [1.82, 2.24) is 15.5 Å². The Labute approximate surface area is 123 Å². The number of rotatable bonds is 5. The zero-order valence-corrected chi connectivity index (χ0v) is 12.3. The number of anilines is 2. The summed E-state index contributed by atoms with van der Waals surface area (Å²) >= 11 is 0. The van der Waals surface area contributed by atoms with E-state index in [1.807, 2.05) is 11.0 Å². The van der Waals surface area contributed by atoms with Gasteiger partial charge in [-0.1, -0.05) is 25.0 Å². The number of hydrogen-bond donors (Lipinski definition) is 1. The van der Waals surface area contributed by atoms with Crippen LogP contribution in [0.4, 0.5) is 16.1 Å². The van der Waals surface area contributed by atoms with Crippen molar-refractivity contribution in [3.63, 3.8) is 0 Å². The fourth-order valence-corrected chi connectivity index (χ4v) is 2.44. The first kappa shape index (κ1) is 14.0. The van der Waals surface area contributed by atoms with Gasteiger partial charge in [0, 0.05) is 6.54 Å². The van der Waals surface area contributed by atoms with Crippen LogP contribution >= 0.6 is 0 Å². The molecule has 0 amide bonds. The minimum absolute atomic E-state index is 0.251. The third-order valence-corrected chi connectivity index (χ3v) is 3.46. The van der Waals surface area contributed by atoms with Gasteiger partial charge in [-0.15, -0.1) is 5.10 Å². The minimum Gasteiger partial charge on any atom is -0.406 e. The first-order valence-electron chi connectivity index (χ1n) is 7.22. The molecule has 2 aromatic rings. The normalized spacial score (nSPS) is 14.0. The average molecular weight is 290 g/mol. The Hall–Kier alpha value is -1.95. The summed E-state index contributed by atoms with van der Waals surface area (Å²) in [6, 6.07) is 5.24. The lowest BCUT2D eigenvalue weighted by Crippen LogP contribution is -2.19. The summed E-state index contributed by atoms with van der Waals surface area (Å²) in [5.74, 6) is 0.871. The molecule has 0 atom stereocenters. The lowest BCUT2D eigenvalue weighted by atomic mass is 10.2. The maximum atomic E-state index is 13.4. The van der Waals surface area contributed by atoms with Crippen LogP contribution in [0.5, 0.6) is 0 Å². The van der Waals surface area contributed by atoms with Crippen molar-refractivity contribution in [2.75, 3.05) is 18.0 Å². The van der Waals surface area contributed by atoms with Crippen molar-refractivity contribution in [2.45, 2.75) is 26.8 Å². The molecular formula is C15H19FN4O. The molecule has 1 aliphatic rings. The Morgan fingerprint density at radius 3 is 3.05 bits per heavy atom. The maximum absolute atomic E-state index is 13.4. The van der Waals surface area contributed by atoms with Gasteiger partial charge in [-0.25, -0.2) is 4.39 Å². The van der Waals surface area contributed by atoms with E-state index in [-0.39, 0.29) is 5.82 Å². The van der Waals surface area contributed by atoms with Gasteiger partial charge in [0.25, 0.3) is 0 Å². The molecule has 21 heavy (non-hydrogen) atoms. The van der Waals surface area contributed by atoms with Gasteiger partial charge < -0.3 is 9.73 Å². The monoisotopic (exact) mass is 290 g/mol. The summed E-state index contributed by atoms with van der Waals surface area (Å²) in [4.78, 5) is 1.87. The van der Waals surface area contributed by atoms with Crippen molar-refractivity contribution < 1.29 is 8.81 Å². The molecule has 0 aliphatic carbocycles. The Morgan fingerprint density at radius 1 is 1.38 bits per heavy atom. The number of benzene rings is 1. The van der Waals surface area contributed by atoms with Gasteiger partial charge in [-0.05, 0) is 36.6 Å². The van der Waals surface area contributed by atoms with Crippen molar-refractivity contribution >= 4 is 11.7 Å². The highest BCUT2D eigenvalue weighted by Gasteiger charge is 2.25. The molecule has 0 saturated carbocycles. The summed E-state index contributed by atoms with van der Waals surface area (Å²) < 4.78 is 19.1. The Balaban J connectivity index is 1.72. The van der Waals surface area contributed by atoms with Crippen LogP contribution in [0.2, 0.25) is 0 Å². The second-order valence-electron chi connectivity index (χ2n) is 5.68. The second-order valence-corrected chi connectivity index (χ2v) is 5.68. The number of nitrogens with zero attached hydrogens (tertiary/aromatic N) is 3. The fourth-order valence-electron chi connectivity index (χ4n) is 2.44. The number of nitrogens with one attached hydrogen (secondary N) is 1. The summed E-state index contributed by atoms with van der Waals surface area (Å²) in [6.07, 6.45) is 0.860. The molecule has 6 heteroatoms. The van der Waals surface area contributed by atoms with Gasteiger partial charge in [0.15, 0.2) is 0 Å². The molecule has 5 nitrogen and oxygen atoms in total. The van der Waals surface area contributed by atoms with E-state index in [2.05, 4.69) is 29.4 Å². The molecule has 1 aromatic carbocycles. The number of halogens is 1. The Morgan fingerprint density at radius 2 is 2.24 bits per heavy atom. The zero-order chi connectivity index (χ0) is 14.8. The standard InChI is InChI=1S/C15H19FN4O/c1-10(2)8-17-9-14-18-19-15(21-14)20-6-5-11-3-4-12(16)7-13(11)20/h3-4,7,10,17H,5-6,8-9H2,1-2H3. The molecule has 0 radical (unpaired) electrons. The zero-order valence-electron chi connectivity index (χ0n) is 12.3. The van der Waals surface area contributed by atoms with Crippen LogP contribution in [0.3, 0.4) is 0 Å². The van der Waals surface area contributed by atoms with Crippen molar-refractivity contribution in [1.29, 1.82) is 0 Å². The van der Waals surface area contributed by atoms with Crippen LogP contribution in [0.15, 0.2) is 22.6 Å². The summed E-state index contributed by atoms with van der Waals surface area (Å²) in [5, 5.41) is 11.4. The molecule has 0 unspecified atom stereocenters. The largest absolute Gasteiger partial charge is 0.406 e. The van der Waals surface area contributed by atoms with Crippen molar-refractivity contribution in [3.05, 3.63) is 35.5 Å².